The molecule has 2 amide bonds. The van der Waals surface area contributed by atoms with Gasteiger partial charge in [0.25, 0.3) is 0 Å². The molecule has 8 rings (SSSR count). The first kappa shape index (κ1) is 33.3. The molecule has 12 nitrogen and oxygen atoms in total. The van der Waals surface area contributed by atoms with Crippen molar-refractivity contribution in [3.05, 3.63) is 41.0 Å². The van der Waals surface area contributed by atoms with Crippen LogP contribution in [0.25, 0.3) is 6.08 Å². The Morgan fingerprint density at radius 3 is 2.61 bits per heavy atom. The van der Waals surface area contributed by atoms with Crippen LogP contribution in [0.2, 0.25) is 0 Å². The molecule has 266 valence electrons. The summed E-state index contributed by atoms with van der Waals surface area (Å²) in [6, 6.07) is 7.37. The quantitative estimate of drug-likeness (QED) is 0.263. The monoisotopic (exact) mass is 679 g/mol. The highest BCUT2D eigenvalue weighted by molar-refractivity contribution is 5.93. The zero-order valence-electron chi connectivity index (χ0n) is 28.7. The highest BCUT2D eigenvalue weighted by Gasteiger charge is 2.74. The van der Waals surface area contributed by atoms with Crippen LogP contribution in [0.1, 0.15) is 76.8 Å². The Labute approximate surface area is 287 Å². The Morgan fingerprint density at radius 1 is 1.04 bits per heavy atom. The molecular weight excluding hydrogens is 630 g/mol. The van der Waals surface area contributed by atoms with Crippen molar-refractivity contribution in [3.8, 4) is 0 Å². The van der Waals surface area contributed by atoms with Crippen LogP contribution in [0.15, 0.2) is 29.8 Å². The minimum Gasteiger partial charge on any atom is -0.458 e. The van der Waals surface area contributed by atoms with Crippen molar-refractivity contribution < 1.29 is 43.3 Å². The van der Waals surface area contributed by atoms with Gasteiger partial charge in [-0.25, -0.2) is 0 Å². The van der Waals surface area contributed by atoms with E-state index < -0.39 is 41.8 Å². The molecule has 4 saturated heterocycles. The van der Waals surface area contributed by atoms with Crippen molar-refractivity contribution in [1.29, 1.82) is 0 Å². The first-order valence-corrected chi connectivity index (χ1v) is 18.0. The van der Waals surface area contributed by atoms with Gasteiger partial charge < -0.3 is 34.7 Å². The SMILES string of the molecule is CC1(C)CC2C(=Cc3ccc(CN4OC5C6OCOC6C6CC5(C(=O)NCCC(=O)NCCO)C4C(=O)O6)cc3)CCC3OC3(C)CCC21. The van der Waals surface area contributed by atoms with E-state index in [-0.39, 0.29) is 63.3 Å². The summed E-state index contributed by atoms with van der Waals surface area (Å²) in [5.74, 6) is 0.0948. The number of hydroxylamine groups is 2. The molecule has 49 heavy (non-hydrogen) atoms. The largest absolute Gasteiger partial charge is 0.458 e. The molecule has 3 saturated carbocycles. The number of benzene rings is 1. The number of fused-ring (bicyclic) bond motifs is 6. The third-order valence-corrected chi connectivity index (χ3v) is 12.6. The van der Waals surface area contributed by atoms with Crippen LogP contribution >= 0.6 is 0 Å². The maximum Gasteiger partial charge on any atom is 0.327 e. The molecular formula is C37H49N3O9. The molecule has 2 bridgehead atoms. The number of ether oxygens (including phenoxy) is 4. The van der Waals surface area contributed by atoms with Gasteiger partial charge in [0.05, 0.1) is 24.9 Å². The maximum atomic E-state index is 14.0. The molecule has 4 heterocycles. The van der Waals surface area contributed by atoms with Gasteiger partial charge in [0.15, 0.2) is 6.04 Å². The van der Waals surface area contributed by atoms with E-state index in [1.165, 1.54) is 18.4 Å². The molecule has 10 unspecified atom stereocenters. The fourth-order valence-electron chi connectivity index (χ4n) is 9.89. The van der Waals surface area contributed by atoms with E-state index in [1.54, 1.807) is 5.06 Å². The predicted octanol–water partition coefficient (Wildman–Crippen LogP) is 2.62. The highest BCUT2D eigenvalue weighted by Crippen LogP contribution is 2.60. The topological polar surface area (TPSA) is 148 Å². The number of nitrogens with zero attached hydrogens (tertiary/aromatic N) is 1. The molecule has 3 aliphatic carbocycles. The minimum absolute atomic E-state index is 0.0275. The lowest BCUT2D eigenvalue weighted by Crippen LogP contribution is -2.69. The van der Waals surface area contributed by atoms with Crippen molar-refractivity contribution in [1.82, 2.24) is 15.7 Å². The predicted molar refractivity (Wildman–Crippen MR) is 175 cm³/mol. The van der Waals surface area contributed by atoms with Gasteiger partial charge in [0.2, 0.25) is 11.8 Å². The number of rotatable bonds is 9. The Bertz CT molecular complexity index is 1510. The average Bonchev–Trinajstić information content (AvgIpc) is 3.37. The van der Waals surface area contributed by atoms with E-state index in [9.17, 15) is 14.4 Å². The van der Waals surface area contributed by atoms with E-state index in [2.05, 4.69) is 61.7 Å². The van der Waals surface area contributed by atoms with Crippen molar-refractivity contribution in [2.75, 3.05) is 26.5 Å². The van der Waals surface area contributed by atoms with Crippen LogP contribution in [-0.2, 0) is 44.7 Å². The van der Waals surface area contributed by atoms with Gasteiger partial charge >= 0.3 is 5.97 Å². The molecule has 7 fully saturated rings. The number of carbonyl (C=O) groups is 3. The summed E-state index contributed by atoms with van der Waals surface area (Å²) in [5, 5.41) is 16.0. The lowest BCUT2D eigenvalue weighted by molar-refractivity contribution is -0.201. The van der Waals surface area contributed by atoms with Crippen molar-refractivity contribution >= 4 is 23.9 Å². The summed E-state index contributed by atoms with van der Waals surface area (Å²) >= 11 is 0. The smallest absolute Gasteiger partial charge is 0.327 e. The van der Waals surface area contributed by atoms with Gasteiger partial charge in [0, 0.05) is 25.9 Å². The van der Waals surface area contributed by atoms with Gasteiger partial charge in [0.1, 0.15) is 36.6 Å². The van der Waals surface area contributed by atoms with E-state index in [0.717, 1.165) is 30.4 Å². The summed E-state index contributed by atoms with van der Waals surface area (Å²) in [7, 11) is 0. The third-order valence-electron chi connectivity index (χ3n) is 12.6. The molecule has 12 heteroatoms. The van der Waals surface area contributed by atoms with Crippen LogP contribution in [0, 0.1) is 22.7 Å². The molecule has 0 radical (unpaired) electrons. The van der Waals surface area contributed by atoms with Crippen molar-refractivity contribution in [3.63, 3.8) is 0 Å². The van der Waals surface area contributed by atoms with Crippen LogP contribution in [-0.4, -0.2) is 96.6 Å². The van der Waals surface area contributed by atoms with Crippen molar-refractivity contribution in [2.45, 2.75) is 114 Å². The lowest BCUT2D eigenvalue weighted by atomic mass is 9.52. The van der Waals surface area contributed by atoms with Crippen LogP contribution in [0.4, 0.5) is 0 Å². The lowest BCUT2D eigenvalue weighted by Gasteiger charge is -2.53. The normalized spacial score (nSPS) is 40.8. The second kappa shape index (κ2) is 12.4. The number of amides is 2. The van der Waals surface area contributed by atoms with Crippen LogP contribution in [0.3, 0.4) is 0 Å². The summed E-state index contributed by atoms with van der Waals surface area (Å²) in [6.07, 6.45) is 6.20. The molecule has 1 aromatic carbocycles. The number of hydrogen-bond donors (Lipinski definition) is 3. The summed E-state index contributed by atoms with van der Waals surface area (Å²) in [5.41, 5.74) is 2.75. The number of nitrogens with one attached hydrogen (secondary N) is 2. The molecule has 1 aromatic rings. The first-order chi connectivity index (χ1) is 23.5. The molecule has 10 atom stereocenters. The maximum absolute atomic E-state index is 14.0. The molecule has 7 aliphatic rings. The van der Waals surface area contributed by atoms with E-state index in [4.69, 9.17) is 28.9 Å². The summed E-state index contributed by atoms with van der Waals surface area (Å²) in [6.45, 7) is 7.44. The number of hydrogen-bond acceptors (Lipinski definition) is 10. The Hall–Kier alpha value is -2.87. The number of carbonyl (C=O) groups excluding carboxylic acids is 3. The second-order valence-corrected chi connectivity index (χ2v) is 16.0. The van der Waals surface area contributed by atoms with Gasteiger partial charge in [-0.05, 0) is 67.4 Å². The van der Waals surface area contributed by atoms with Gasteiger partial charge in [-0.2, -0.15) is 5.06 Å². The molecule has 0 aromatic heterocycles. The summed E-state index contributed by atoms with van der Waals surface area (Å²) < 4.78 is 23.7. The average molecular weight is 680 g/mol. The highest BCUT2D eigenvalue weighted by atomic mass is 16.8. The Morgan fingerprint density at radius 2 is 1.84 bits per heavy atom. The zero-order valence-corrected chi connectivity index (χ0v) is 28.7. The summed E-state index contributed by atoms with van der Waals surface area (Å²) in [4.78, 5) is 46.3. The fourth-order valence-corrected chi connectivity index (χ4v) is 9.89. The molecule has 3 N–H and O–H groups in total. The van der Waals surface area contributed by atoms with E-state index in [1.807, 2.05) is 0 Å². The number of esters is 1. The van der Waals surface area contributed by atoms with Crippen LogP contribution < -0.4 is 10.6 Å². The zero-order chi connectivity index (χ0) is 34.1. The van der Waals surface area contributed by atoms with Crippen LogP contribution in [0.5, 0.6) is 0 Å². The van der Waals surface area contributed by atoms with E-state index >= 15 is 0 Å². The van der Waals surface area contributed by atoms with Crippen molar-refractivity contribution in [2.24, 2.45) is 22.7 Å². The second-order valence-electron chi connectivity index (χ2n) is 16.0. The Kier molecular flexibility index (Phi) is 8.43. The molecule has 4 aliphatic heterocycles. The fraction of sp³-hybridized carbons (Fsp3) is 0.703. The first-order valence-electron chi connectivity index (χ1n) is 18.0. The third kappa shape index (κ3) is 5.72. The number of allylic oxidation sites excluding steroid dienone is 1. The van der Waals surface area contributed by atoms with E-state index in [0.29, 0.717) is 23.4 Å². The number of epoxide rings is 1. The van der Waals surface area contributed by atoms with Gasteiger partial charge in [-0.1, -0.05) is 49.8 Å². The number of aliphatic hydroxyl groups is 1. The standard InChI is InChI=1S/C37H49N3O9/c1-35(2)17-24-23(8-9-27-36(3,48-27)12-10-25(24)35)16-21-4-6-22(7-5-21)19-40-31-33(43)47-26-18-37(31,32(49-40)30-29(26)45-20-46-30)34(44)39-13-11-28(42)38-14-15-41/h4-7,16,24-27,29-32,41H,8-15,17-20H2,1-3H3,(H,38,42)(H,39,44). The van der Waals surface area contributed by atoms with Gasteiger partial charge in [-0.3, -0.25) is 19.2 Å². The minimum atomic E-state index is -1.27. The molecule has 0 spiro atoms. The number of aliphatic hydroxyl groups excluding tert-OH is 1. The Balaban J connectivity index is 1.00. The van der Waals surface area contributed by atoms with Gasteiger partial charge in [-0.15, -0.1) is 0 Å².